The molecule has 0 aromatic rings. The molecule has 0 N–H and O–H groups in total. The standard InChI is InChI=1S/C18H33BO4/c1-4-10-16(11-5-1)19(22-20-17-12-6-2-7-13-17)23-21-18-14-8-3-9-15-18/h16-18H,1-15H2. The number of hydrogen-bond acceptors (Lipinski definition) is 4. The Hall–Kier alpha value is -0.0951. The van der Waals surface area contributed by atoms with Gasteiger partial charge in [0.05, 0.1) is 12.2 Å². The molecule has 0 saturated heterocycles. The van der Waals surface area contributed by atoms with E-state index in [1.165, 1.54) is 57.8 Å². The quantitative estimate of drug-likeness (QED) is 0.358. The van der Waals surface area contributed by atoms with Crippen molar-refractivity contribution in [3.8, 4) is 0 Å². The second kappa shape index (κ2) is 10.0. The molecule has 3 aliphatic carbocycles. The SMILES string of the molecule is C1CCC(OOB(OOC2CCCCC2)C2CCCCC2)CC1. The molecule has 3 saturated carbocycles. The topological polar surface area (TPSA) is 36.9 Å². The number of rotatable bonds is 7. The normalized spacial score (nSPS) is 25.6. The highest BCUT2D eigenvalue weighted by atomic mass is 17.3. The van der Waals surface area contributed by atoms with Gasteiger partial charge in [-0.15, -0.1) is 0 Å². The van der Waals surface area contributed by atoms with E-state index in [0.29, 0.717) is 5.82 Å². The van der Waals surface area contributed by atoms with Crippen molar-refractivity contribution >= 4 is 7.12 Å². The van der Waals surface area contributed by atoms with Crippen LogP contribution < -0.4 is 0 Å². The van der Waals surface area contributed by atoms with Crippen LogP contribution in [0.25, 0.3) is 0 Å². The van der Waals surface area contributed by atoms with Crippen LogP contribution in [-0.2, 0) is 19.4 Å². The third-order valence-corrected chi connectivity index (χ3v) is 5.71. The van der Waals surface area contributed by atoms with Crippen LogP contribution in [0.3, 0.4) is 0 Å². The fourth-order valence-corrected chi connectivity index (χ4v) is 4.17. The predicted octanol–water partition coefficient (Wildman–Crippen LogP) is 5.37. The molecule has 0 atom stereocenters. The Kier molecular flexibility index (Phi) is 7.72. The van der Waals surface area contributed by atoms with E-state index in [-0.39, 0.29) is 19.3 Å². The fraction of sp³-hybridized carbons (Fsp3) is 1.00. The molecule has 0 bridgehead atoms. The van der Waals surface area contributed by atoms with E-state index in [0.717, 1.165) is 38.5 Å². The van der Waals surface area contributed by atoms with Gasteiger partial charge in [0, 0.05) is 0 Å². The summed E-state index contributed by atoms with van der Waals surface area (Å²) < 4.78 is 0. The van der Waals surface area contributed by atoms with Crippen LogP contribution in [0.1, 0.15) is 96.3 Å². The van der Waals surface area contributed by atoms with E-state index in [1.807, 2.05) is 0 Å². The Bertz CT molecular complexity index is 288. The monoisotopic (exact) mass is 324 g/mol. The highest BCUT2D eigenvalue weighted by molar-refractivity contribution is 6.45. The summed E-state index contributed by atoms with van der Waals surface area (Å²) in [5.74, 6) is 0.413. The largest absolute Gasteiger partial charge is 0.524 e. The fourth-order valence-electron chi connectivity index (χ4n) is 4.17. The average Bonchev–Trinajstić information content (AvgIpc) is 2.64. The minimum absolute atomic E-state index is 0.244. The summed E-state index contributed by atoms with van der Waals surface area (Å²) in [5, 5.41) is 0. The Morgan fingerprint density at radius 2 is 0.870 bits per heavy atom. The van der Waals surface area contributed by atoms with Gasteiger partial charge in [-0.05, 0) is 31.5 Å². The first kappa shape index (κ1) is 17.7. The summed E-state index contributed by atoms with van der Waals surface area (Å²) in [6.07, 6.45) is 18.8. The van der Waals surface area contributed by atoms with Crippen molar-refractivity contribution in [2.24, 2.45) is 0 Å². The van der Waals surface area contributed by atoms with Crippen molar-refractivity contribution in [2.75, 3.05) is 0 Å². The lowest BCUT2D eigenvalue weighted by atomic mass is 9.65. The maximum Gasteiger partial charge on any atom is 0.524 e. The zero-order chi connectivity index (χ0) is 15.7. The van der Waals surface area contributed by atoms with Gasteiger partial charge < -0.3 is 0 Å². The average molecular weight is 324 g/mol. The molecule has 3 fully saturated rings. The molecule has 23 heavy (non-hydrogen) atoms. The summed E-state index contributed by atoms with van der Waals surface area (Å²) >= 11 is 0. The number of hydrogen-bond donors (Lipinski definition) is 0. The van der Waals surface area contributed by atoms with E-state index in [2.05, 4.69) is 0 Å². The van der Waals surface area contributed by atoms with Crippen molar-refractivity contribution in [1.29, 1.82) is 0 Å². The molecule has 0 aliphatic heterocycles. The van der Waals surface area contributed by atoms with Crippen LogP contribution in [0.4, 0.5) is 0 Å². The second-order valence-electron chi connectivity index (χ2n) is 7.67. The summed E-state index contributed by atoms with van der Waals surface area (Å²) in [7, 11) is -0.348. The van der Waals surface area contributed by atoms with E-state index < -0.39 is 0 Å². The van der Waals surface area contributed by atoms with Gasteiger partial charge in [-0.1, -0.05) is 70.6 Å². The molecule has 5 heteroatoms. The molecular weight excluding hydrogens is 291 g/mol. The van der Waals surface area contributed by atoms with Crippen LogP contribution in [0.2, 0.25) is 5.82 Å². The highest BCUT2D eigenvalue weighted by Crippen LogP contribution is 2.33. The maximum absolute atomic E-state index is 5.76. The first-order valence-electron chi connectivity index (χ1n) is 10.1. The van der Waals surface area contributed by atoms with Crippen LogP contribution >= 0.6 is 0 Å². The van der Waals surface area contributed by atoms with E-state index in [1.54, 1.807) is 0 Å². The molecule has 0 unspecified atom stereocenters. The lowest BCUT2D eigenvalue weighted by Gasteiger charge is -2.29. The van der Waals surface area contributed by atoms with E-state index in [9.17, 15) is 0 Å². The molecule has 0 radical (unpaired) electrons. The Morgan fingerprint density at radius 1 is 0.478 bits per heavy atom. The minimum Gasteiger partial charge on any atom is -0.261 e. The van der Waals surface area contributed by atoms with Gasteiger partial charge in [0.25, 0.3) is 0 Å². The van der Waals surface area contributed by atoms with Crippen LogP contribution in [0.15, 0.2) is 0 Å². The minimum atomic E-state index is -0.348. The molecule has 0 heterocycles. The lowest BCUT2D eigenvalue weighted by molar-refractivity contribution is -0.321. The molecule has 3 rings (SSSR count). The Morgan fingerprint density at radius 3 is 1.30 bits per heavy atom. The summed E-state index contributed by atoms with van der Waals surface area (Å²) in [4.78, 5) is 23.0. The van der Waals surface area contributed by atoms with Crippen molar-refractivity contribution in [2.45, 2.75) is 114 Å². The molecule has 4 nitrogen and oxygen atoms in total. The van der Waals surface area contributed by atoms with Crippen LogP contribution in [-0.4, -0.2) is 19.3 Å². The highest BCUT2D eigenvalue weighted by Gasteiger charge is 2.36. The molecule has 0 aromatic carbocycles. The van der Waals surface area contributed by atoms with Crippen molar-refractivity contribution < 1.29 is 19.4 Å². The van der Waals surface area contributed by atoms with Gasteiger partial charge >= 0.3 is 7.12 Å². The van der Waals surface area contributed by atoms with E-state index >= 15 is 0 Å². The van der Waals surface area contributed by atoms with Gasteiger partial charge in [-0.2, -0.15) is 0 Å². The van der Waals surface area contributed by atoms with Gasteiger partial charge in [-0.25, -0.2) is 9.78 Å². The van der Waals surface area contributed by atoms with E-state index in [4.69, 9.17) is 19.4 Å². The second-order valence-corrected chi connectivity index (χ2v) is 7.67. The van der Waals surface area contributed by atoms with Crippen LogP contribution in [0.5, 0.6) is 0 Å². The lowest BCUT2D eigenvalue weighted by Crippen LogP contribution is -2.34. The first-order valence-corrected chi connectivity index (χ1v) is 10.1. The first-order chi connectivity index (χ1) is 11.4. The molecule has 0 aromatic heterocycles. The van der Waals surface area contributed by atoms with Gasteiger partial charge in [0.2, 0.25) is 0 Å². The molecular formula is C18H33BO4. The van der Waals surface area contributed by atoms with Crippen molar-refractivity contribution in [3.63, 3.8) is 0 Å². The Balaban J connectivity index is 1.45. The van der Waals surface area contributed by atoms with Gasteiger partial charge in [0.15, 0.2) is 0 Å². The summed E-state index contributed by atoms with van der Waals surface area (Å²) in [6.45, 7) is 0. The predicted molar refractivity (Wildman–Crippen MR) is 90.7 cm³/mol. The third kappa shape index (κ3) is 6.04. The molecule has 3 aliphatic rings. The zero-order valence-corrected chi connectivity index (χ0v) is 14.5. The smallest absolute Gasteiger partial charge is 0.261 e. The maximum atomic E-state index is 5.76. The van der Waals surface area contributed by atoms with Crippen molar-refractivity contribution in [3.05, 3.63) is 0 Å². The van der Waals surface area contributed by atoms with Crippen LogP contribution in [0, 0.1) is 0 Å². The summed E-state index contributed by atoms with van der Waals surface area (Å²) in [5.41, 5.74) is 0. The molecule has 0 spiro atoms. The van der Waals surface area contributed by atoms with Gasteiger partial charge in [-0.3, -0.25) is 9.61 Å². The zero-order valence-electron chi connectivity index (χ0n) is 14.5. The van der Waals surface area contributed by atoms with Crippen molar-refractivity contribution in [1.82, 2.24) is 0 Å². The third-order valence-electron chi connectivity index (χ3n) is 5.71. The van der Waals surface area contributed by atoms with Gasteiger partial charge in [0.1, 0.15) is 0 Å². The molecule has 0 amide bonds. The summed E-state index contributed by atoms with van der Waals surface area (Å²) in [6, 6.07) is 0. The molecule has 132 valence electrons. The Labute approximate surface area is 141 Å².